The first-order chi connectivity index (χ1) is 11.5. The predicted octanol–water partition coefficient (Wildman–Crippen LogP) is 4.21. The summed E-state index contributed by atoms with van der Waals surface area (Å²) in [4.78, 5) is 23.3. The van der Waals surface area contributed by atoms with Gasteiger partial charge in [-0.05, 0) is 30.5 Å². The van der Waals surface area contributed by atoms with E-state index in [1.165, 1.54) is 23.9 Å². The van der Waals surface area contributed by atoms with Crippen LogP contribution in [0.2, 0.25) is 5.02 Å². The van der Waals surface area contributed by atoms with Crippen LogP contribution in [0.15, 0.2) is 47.4 Å². The summed E-state index contributed by atoms with van der Waals surface area (Å²) in [7, 11) is 0. The number of benzene rings is 2. The maximum Gasteiger partial charge on any atom is 0.345 e. The van der Waals surface area contributed by atoms with Crippen molar-refractivity contribution in [3.05, 3.63) is 63.2 Å². The molecule has 2 aromatic rings. The molecule has 2 rings (SSSR count). The van der Waals surface area contributed by atoms with E-state index >= 15 is 0 Å². The number of carbonyl (C=O) groups excluding carboxylic acids is 1. The number of halogens is 1. The number of carbonyl (C=O) groups is 1. The highest BCUT2D eigenvalue weighted by atomic mass is 35.5. The first kappa shape index (κ1) is 18.1. The molecule has 0 aliphatic heterocycles. The second kappa shape index (κ2) is 8.56. The van der Waals surface area contributed by atoms with Gasteiger partial charge in [0.2, 0.25) is 0 Å². The first-order valence-corrected chi connectivity index (χ1v) is 8.50. The van der Waals surface area contributed by atoms with E-state index in [9.17, 15) is 14.9 Å². The summed E-state index contributed by atoms with van der Waals surface area (Å²) >= 11 is 7.32. The lowest BCUT2D eigenvalue weighted by atomic mass is 10.2. The Hall–Kier alpha value is -2.25. The zero-order valence-corrected chi connectivity index (χ0v) is 14.3. The van der Waals surface area contributed by atoms with Crippen LogP contribution in [-0.4, -0.2) is 30.4 Å². The maximum atomic E-state index is 12.1. The van der Waals surface area contributed by atoms with E-state index in [4.69, 9.17) is 21.1 Å². The van der Waals surface area contributed by atoms with Crippen molar-refractivity contribution in [3.8, 4) is 5.75 Å². The van der Waals surface area contributed by atoms with Crippen LogP contribution in [-0.2, 0) is 4.74 Å². The second-order valence-electron chi connectivity index (χ2n) is 4.55. The van der Waals surface area contributed by atoms with E-state index in [0.29, 0.717) is 10.8 Å². The molecule has 6 nitrogen and oxygen atoms in total. The van der Waals surface area contributed by atoms with Crippen LogP contribution in [0.3, 0.4) is 0 Å². The molecule has 0 aliphatic rings. The molecule has 0 unspecified atom stereocenters. The Morgan fingerprint density at radius 2 is 2.00 bits per heavy atom. The molecule has 0 fully saturated rings. The molecule has 0 heterocycles. The molecular weight excluding hydrogens is 354 g/mol. The van der Waals surface area contributed by atoms with Crippen LogP contribution in [0.1, 0.15) is 10.4 Å². The lowest BCUT2D eigenvalue weighted by Gasteiger charge is -2.09. The highest BCUT2D eigenvalue weighted by Gasteiger charge is 2.22. The molecular formula is C16H14ClNO5S. The number of hydrogen-bond donors (Lipinski definition) is 0. The van der Waals surface area contributed by atoms with Crippen LogP contribution in [0.5, 0.6) is 5.75 Å². The second-order valence-corrected chi connectivity index (χ2v) is 5.84. The molecule has 2 aromatic carbocycles. The Morgan fingerprint density at radius 1 is 1.25 bits per heavy atom. The molecule has 0 saturated heterocycles. The van der Waals surface area contributed by atoms with Crippen LogP contribution in [0.4, 0.5) is 5.69 Å². The third-order valence-electron chi connectivity index (χ3n) is 3.03. The highest BCUT2D eigenvalue weighted by molar-refractivity contribution is 7.98. The van der Waals surface area contributed by atoms with Crippen LogP contribution >= 0.6 is 23.4 Å². The van der Waals surface area contributed by atoms with Gasteiger partial charge >= 0.3 is 5.97 Å². The number of thioether (sulfide) groups is 1. The number of nitro groups is 1. The van der Waals surface area contributed by atoms with Crippen molar-refractivity contribution >= 4 is 35.0 Å². The van der Waals surface area contributed by atoms with Gasteiger partial charge in [-0.3, -0.25) is 10.1 Å². The maximum absolute atomic E-state index is 12.1. The molecule has 0 amide bonds. The van der Waals surface area contributed by atoms with Gasteiger partial charge in [-0.1, -0.05) is 23.7 Å². The van der Waals surface area contributed by atoms with Gasteiger partial charge in [0, 0.05) is 11.0 Å². The predicted molar refractivity (Wildman–Crippen MR) is 92.1 cm³/mol. The van der Waals surface area contributed by atoms with Crippen molar-refractivity contribution in [2.24, 2.45) is 0 Å². The number of nitro benzene ring substituents is 1. The van der Waals surface area contributed by atoms with E-state index in [-0.39, 0.29) is 24.5 Å². The summed E-state index contributed by atoms with van der Waals surface area (Å²) in [5.41, 5.74) is -0.366. The van der Waals surface area contributed by atoms with Gasteiger partial charge in [0.25, 0.3) is 5.69 Å². The van der Waals surface area contributed by atoms with E-state index in [0.717, 1.165) is 4.90 Å². The quantitative estimate of drug-likeness (QED) is 0.240. The van der Waals surface area contributed by atoms with Crippen LogP contribution < -0.4 is 4.74 Å². The molecule has 0 bridgehead atoms. The fourth-order valence-electron chi connectivity index (χ4n) is 1.89. The SMILES string of the molecule is CSc1ccc([N+](=O)[O-])c(C(=O)OCCOc2ccccc2Cl)c1. The number of rotatable bonds is 7. The van der Waals surface area contributed by atoms with Gasteiger partial charge in [0.05, 0.1) is 9.95 Å². The lowest BCUT2D eigenvalue weighted by Crippen LogP contribution is -2.14. The van der Waals surface area contributed by atoms with Crippen molar-refractivity contribution in [3.63, 3.8) is 0 Å². The van der Waals surface area contributed by atoms with E-state index in [2.05, 4.69) is 0 Å². The Balaban J connectivity index is 1.97. The van der Waals surface area contributed by atoms with E-state index in [1.54, 1.807) is 30.3 Å². The van der Waals surface area contributed by atoms with Crippen molar-refractivity contribution in [1.82, 2.24) is 0 Å². The van der Waals surface area contributed by atoms with Crippen LogP contribution in [0, 0.1) is 10.1 Å². The largest absolute Gasteiger partial charge is 0.488 e. The molecule has 0 saturated carbocycles. The Bertz CT molecular complexity index is 753. The number of esters is 1. The van der Waals surface area contributed by atoms with Gasteiger partial charge in [-0.25, -0.2) is 4.79 Å². The van der Waals surface area contributed by atoms with Gasteiger partial charge in [0.15, 0.2) is 0 Å². The third-order valence-corrected chi connectivity index (χ3v) is 4.07. The fourth-order valence-corrected chi connectivity index (χ4v) is 2.52. The van der Waals surface area contributed by atoms with Crippen molar-refractivity contribution in [2.75, 3.05) is 19.5 Å². The summed E-state index contributed by atoms with van der Waals surface area (Å²) in [5.74, 6) is -0.286. The molecule has 0 aliphatic carbocycles. The molecule has 126 valence electrons. The number of para-hydroxylation sites is 1. The molecule has 8 heteroatoms. The van der Waals surface area contributed by atoms with E-state index in [1.807, 2.05) is 6.26 Å². The third kappa shape index (κ3) is 4.62. The standard InChI is InChI=1S/C16H14ClNO5S/c1-24-11-6-7-14(18(20)21)12(10-11)16(19)23-9-8-22-15-5-3-2-4-13(15)17/h2-7,10H,8-9H2,1H3. The molecule has 0 atom stereocenters. The Morgan fingerprint density at radius 3 is 2.67 bits per heavy atom. The lowest BCUT2D eigenvalue weighted by molar-refractivity contribution is -0.385. The van der Waals surface area contributed by atoms with Crippen LogP contribution in [0.25, 0.3) is 0 Å². The Labute approximate surface area is 147 Å². The minimum Gasteiger partial charge on any atom is -0.488 e. The topological polar surface area (TPSA) is 78.7 Å². The van der Waals surface area contributed by atoms with Gasteiger partial charge in [-0.2, -0.15) is 0 Å². The number of hydrogen-bond acceptors (Lipinski definition) is 6. The number of ether oxygens (including phenoxy) is 2. The number of nitrogens with zero attached hydrogens (tertiary/aromatic N) is 1. The molecule has 0 aromatic heterocycles. The Kier molecular flexibility index (Phi) is 6.45. The van der Waals surface area contributed by atoms with Crippen molar-refractivity contribution in [1.29, 1.82) is 0 Å². The summed E-state index contributed by atoms with van der Waals surface area (Å²) in [6, 6.07) is 11.2. The smallest absolute Gasteiger partial charge is 0.345 e. The van der Waals surface area contributed by atoms with Crippen molar-refractivity contribution in [2.45, 2.75) is 4.90 Å². The van der Waals surface area contributed by atoms with Gasteiger partial charge < -0.3 is 9.47 Å². The molecule has 24 heavy (non-hydrogen) atoms. The van der Waals surface area contributed by atoms with Gasteiger partial charge in [-0.15, -0.1) is 11.8 Å². The van der Waals surface area contributed by atoms with Crippen molar-refractivity contribution < 1.29 is 19.2 Å². The zero-order chi connectivity index (χ0) is 17.5. The summed E-state index contributed by atoms with van der Waals surface area (Å²) in [5, 5.41) is 11.5. The minimum absolute atomic E-state index is 0.0509. The average Bonchev–Trinajstić information content (AvgIpc) is 2.59. The average molecular weight is 368 g/mol. The summed E-state index contributed by atoms with van der Waals surface area (Å²) in [6.07, 6.45) is 1.81. The van der Waals surface area contributed by atoms with E-state index < -0.39 is 10.9 Å². The molecule has 0 N–H and O–H groups in total. The fraction of sp³-hybridized carbons (Fsp3) is 0.188. The first-order valence-electron chi connectivity index (χ1n) is 6.90. The monoisotopic (exact) mass is 367 g/mol. The molecule has 0 spiro atoms. The van der Waals surface area contributed by atoms with Gasteiger partial charge in [0.1, 0.15) is 24.5 Å². The highest BCUT2D eigenvalue weighted by Crippen LogP contribution is 2.26. The summed E-state index contributed by atoms with van der Waals surface area (Å²) in [6.45, 7) is 0.0379. The molecule has 0 radical (unpaired) electrons. The normalized spacial score (nSPS) is 10.2. The minimum atomic E-state index is -0.764. The summed E-state index contributed by atoms with van der Waals surface area (Å²) < 4.78 is 10.5. The zero-order valence-electron chi connectivity index (χ0n) is 12.7.